The first-order valence-corrected chi connectivity index (χ1v) is 7.19. The molecule has 0 aliphatic heterocycles. The highest BCUT2D eigenvalue weighted by Gasteiger charge is 2.51. The number of carbonyl (C=O) groups is 2. The van der Waals surface area contributed by atoms with Crippen LogP contribution in [-0.2, 0) is 9.59 Å². The summed E-state index contributed by atoms with van der Waals surface area (Å²) in [6, 6.07) is 3.46. The Labute approximate surface area is 124 Å². The van der Waals surface area contributed by atoms with Crippen molar-refractivity contribution in [2.45, 2.75) is 6.42 Å². The maximum absolute atomic E-state index is 12.4. The van der Waals surface area contributed by atoms with Gasteiger partial charge in [-0.1, -0.05) is 12.2 Å². The zero-order valence-electron chi connectivity index (χ0n) is 10.5. The van der Waals surface area contributed by atoms with Crippen molar-refractivity contribution < 1.29 is 14.7 Å². The number of nitrogens with zero attached hydrogens (tertiary/aromatic N) is 1. The van der Waals surface area contributed by atoms with Gasteiger partial charge in [-0.25, -0.2) is 4.98 Å². The minimum absolute atomic E-state index is 0.0173. The molecule has 0 saturated heterocycles. The highest BCUT2D eigenvalue weighted by Crippen LogP contribution is 2.48. The first kappa shape index (κ1) is 13.3. The molecule has 2 N–H and O–H groups in total. The van der Waals surface area contributed by atoms with Crippen LogP contribution < -0.4 is 5.32 Å². The fourth-order valence-corrected chi connectivity index (χ4v) is 3.43. The number of aliphatic carboxylic acids is 1. The first-order valence-electron chi connectivity index (χ1n) is 6.40. The maximum atomic E-state index is 12.4. The van der Waals surface area contributed by atoms with E-state index in [0.29, 0.717) is 10.3 Å². The molecule has 5 nitrogen and oxygen atoms in total. The van der Waals surface area contributed by atoms with Gasteiger partial charge in [0.25, 0.3) is 0 Å². The van der Waals surface area contributed by atoms with Gasteiger partial charge in [0.05, 0.1) is 23.7 Å². The number of allylic oxidation sites excluding steroid dienone is 2. The lowest BCUT2D eigenvalue weighted by molar-refractivity contribution is -0.146. The average Bonchev–Trinajstić information content (AvgIpc) is 3.01. The van der Waals surface area contributed by atoms with Crippen molar-refractivity contribution in [2.24, 2.45) is 23.7 Å². The van der Waals surface area contributed by atoms with Gasteiger partial charge in [0.1, 0.15) is 4.60 Å². The summed E-state index contributed by atoms with van der Waals surface area (Å²) in [5.74, 6) is -2.23. The van der Waals surface area contributed by atoms with Crippen LogP contribution in [0.3, 0.4) is 0 Å². The van der Waals surface area contributed by atoms with Gasteiger partial charge >= 0.3 is 5.97 Å². The van der Waals surface area contributed by atoms with E-state index in [1.54, 1.807) is 18.3 Å². The Morgan fingerprint density at radius 2 is 1.95 bits per heavy atom. The predicted molar refractivity (Wildman–Crippen MR) is 75.9 cm³/mol. The van der Waals surface area contributed by atoms with Crippen LogP contribution >= 0.6 is 15.9 Å². The highest BCUT2D eigenvalue weighted by atomic mass is 79.9. The largest absolute Gasteiger partial charge is 0.481 e. The molecule has 4 atom stereocenters. The molecular weight excluding hydrogens is 324 g/mol. The fraction of sp³-hybridized carbons (Fsp3) is 0.357. The van der Waals surface area contributed by atoms with E-state index in [9.17, 15) is 14.7 Å². The van der Waals surface area contributed by atoms with E-state index < -0.39 is 17.8 Å². The number of halogens is 1. The SMILES string of the molecule is O=C(O)[C@@H]1C2C=CC(C2)[C@@H]1C(=O)Nc1ccc(Br)nc1. The number of hydrogen-bond acceptors (Lipinski definition) is 3. The van der Waals surface area contributed by atoms with Crippen LogP contribution in [0.15, 0.2) is 35.1 Å². The average molecular weight is 337 g/mol. The zero-order chi connectivity index (χ0) is 14.3. The van der Waals surface area contributed by atoms with E-state index in [4.69, 9.17) is 0 Å². The van der Waals surface area contributed by atoms with Crippen molar-refractivity contribution in [2.75, 3.05) is 5.32 Å². The Balaban J connectivity index is 1.78. The molecule has 2 aliphatic rings. The third kappa shape index (κ3) is 2.24. The molecule has 2 bridgehead atoms. The van der Waals surface area contributed by atoms with Crippen molar-refractivity contribution >= 4 is 33.5 Å². The van der Waals surface area contributed by atoms with Gasteiger partial charge in [0.15, 0.2) is 0 Å². The number of rotatable bonds is 3. The molecule has 3 rings (SSSR count). The van der Waals surface area contributed by atoms with Crippen LogP contribution in [0.25, 0.3) is 0 Å². The van der Waals surface area contributed by atoms with Crippen molar-refractivity contribution in [1.29, 1.82) is 0 Å². The molecule has 1 amide bonds. The molecule has 1 aromatic heterocycles. The zero-order valence-corrected chi connectivity index (χ0v) is 12.1. The molecule has 2 aliphatic carbocycles. The highest BCUT2D eigenvalue weighted by molar-refractivity contribution is 9.10. The van der Waals surface area contributed by atoms with Gasteiger partial charge in [-0.05, 0) is 46.3 Å². The topological polar surface area (TPSA) is 79.3 Å². The lowest BCUT2D eigenvalue weighted by Crippen LogP contribution is -2.36. The third-order valence-electron chi connectivity index (χ3n) is 4.04. The molecule has 104 valence electrons. The molecule has 1 heterocycles. The molecule has 1 fully saturated rings. The Hall–Kier alpha value is -1.69. The summed E-state index contributed by atoms with van der Waals surface area (Å²) in [5.41, 5.74) is 0.578. The summed E-state index contributed by atoms with van der Waals surface area (Å²) in [5, 5.41) is 12.1. The molecule has 6 heteroatoms. The lowest BCUT2D eigenvalue weighted by atomic mass is 9.82. The van der Waals surface area contributed by atoms with E-state index in [-0.39, 0.29) is 17.7 Å². The fourth-order valence-electron chi connectivity index (χ4n) is 3.19. The molecule has 0 radical (unpaired) electrons. The molecule has 1 saturated carbocycles. The number of amides is 1. The van der Waals surface area contributed by atoms with Gasteiger partial charge in [0, 0.05) is 0 Å². The number of fused-ring (bicyclic) bond motifs is 2. The molecule has 2 unspecified atom stereocenters. The number of hydrogen-bond donors (Lipinski definition) is 2. The predicted octanol–water partition coefficient (Wildman–Crippen LogP) is 2.31. The third-order valence-corrected chi connectivity index (χ3v) is 4.51. The van der Waals surface area contributed by atoms with Gasteiger partial charge in [0.2, 0.25) is 5.91 Å². The number of nitrogens with one attached hydrogen (secondary N) is 1. The molecule has 20 heavy (non-hydrogen) atoms. The minimum atomic E-state index is -0.893. The van der Waals surface area contributed by atoms with Gasteiger partial charge in [-0.2, -0.15) is 0 Å². The van der Waals surface area contributed by atoms with Crippen molar-refractivity contribution in [3.05, 3.63) is 35.1 Å². The molecular formula is C14H13BrN2O3. The monoisotopic (exact) mass is 336 g/mol. The Bertz CT molecular complexity index is 585. The van der Waals surface area contributed by atoms with Crippen LogP contribution in [0.2, 0.25) is 0 Å². The molecule has 0 aromatic carbocycles. The van der Waals surface area contributed by atoms with Crippen molar-refractivity contribution in [3.8, 4) is 0 Å². The lowest BCUT2D eigenvalue weighted by Gasteiger charge is -2.23. The Morgan fingerprint density at radius 1 is 1.25 bits per heavy atom. The second-order valence-electron chi connectivity index (χ2n) is 5.20. The maximum Gasteiger partial charge on any atom is 0.307 e. The van der Waals surface area contributed by atoms with Crippen LogP contribution in [0.4, 0.5) is 5.69 Å². The second-order valence-corrected chi connectivity index (χ2v) is 6.01. The molecule has 0 spiro atoms. The van der Waals surface area contributed by atoms with E-state index in [1.165, 1.54) is 0 Å². The summed E-state index contributed by atoms with van der Waals surface area (Å²) in [6.07, 6.45) is 6.19. The standard InChI is InChI=1S/C14H13BrN2O3/c15-10-4-3-9(6-16-10)17-13(18)11-7-1-2-8(5-7)12(11)14(19)20/h1-4,6-8,11-12H,5H2,(H,17,18)(H,19,20)/t7?,8?,11-,12+/m0/s1. The summed E-state index contributed by atoms with van der Waals surface area (Å²) >= 11 is 3.22. The van der Waals surface area contributed by atoms with Crippen molar-refractivity contribution in [3.63, 3.8) is 0 Å². The Kier molecular flexibility index (Phi) is 3.33. The summed E-state index contributed by atoms with van der Waals surface area (Å²) in [4.78, 5) is 27.8. The van der Waals surface area contributed by atoms with Crippen LogP contribution in [0, 0.1) is 23.7 Å². The summed E-state index contributed by atoms with van der Waals surface area (Å²) in [6.45, 7) is 0. The van der Waals surface area contributed by atoms with E-state index >= 15 is 0 Å². The van der Waals surface area contributed by atoms with Gasteiger partial charge in [-0.3, -0.25) is 9.59 Å². The van der Waals surface area contributed by atoms with Crippen LogP contribution in [-0.4, -0.2) is 22.0 Å². The summed E-state index contributed by atoms with van der Waals surface area (Å²) < 4.78 is 0.682. The van der Waals surface area contributed by atoms with Crippen molar-refractivity contribution in [1.82, 2.24) is 4.98 Å². The number of pyridine rings is 1. The number of carboxylic acids is 1. The summed E-state index contributed by atoms with van der Waals surface area (Å²) in [7, 11) is 0. The number of anilines is 1. The van der Waals surface area contributed by atoms with Gasteiger partial charge < -0.3 is 10.4 Å². The minimum Gasteiger partial charge on any atom is -0.481 e. The number of carboxylic acid groups (broad SMARTS) is 1. The number of aromatic nitrogens is 1. The van der Waals surface area contributed by atoms with Gasteiger partial charge in [-0.15, -0.1) is 0 Å². The smallest absolute Gasteiger partial charge is 0.307 e. The quantitative estimate of drug-likeness (QED) is 0.655. The van der Waals surface area contributed by atoms with Crippen LogP contribution in [0.1, 0.15) is 6.42 Å². The van der Waals surface area contributed by atoms with Crippen LogP contribution in [0.5, 0.6) is 0 Å². The normalized spacial score (nSPS) is 30.4. The molecule has 1 aromatic rings. The van der Waals surface area contributed by atoms with E-state index in [1.807, 2.05) is 12.2 Å². The number of carbonyl (C=O) groups excluding carboxylic acids is 1. The van der Waals surface area contributed by atoms with E-state index in [2.05, 4.69) is 26.2 Å². The first-order chi connectivity index (χ1) is 9.56. The van der Waals surface area contributed by atoms with E-state index in [0.717, 1.165) is 6.42 Å². The Morgan fingerprint density at radius 3 is 2.55 bits per heavy atom. The second kappa shape index (κ2) is 5.01.